The summed E-state index contributed by atoms with van der Waals surface area (Å²) in [7, 11) is 0. The zero-order valence-corrected chi connectivity index (χ0v) is 9.25. The molecule has 96 valence electrons. The maximum atomic E-state index is 12.0. The van der Waals surface area contributed by atoms with E-state index in [4.69, 9.17) is 5.26 Å². The molecular formula is C11H8F3NO3. The Morgan fingerprint density at radius 1 is 1.44 bits per heavy atom. The summed E-state index contributed by atoms with van der Waals surface area (Å²) in [6.45, 7) is 1.59. The first-order valence-electron chi connectivity index (χ1n) is 4.84. The summed E-state index contributed by atoms with van der Waals surface area (Å²) in [6, 6.07) is 4.53. The van der Waals surface area contributed by atoms with Gasteiger partial charge in [0.15, 0.2) is 0 Å². The molecule has 0 aromatic heterocycles. The van der Waals surface area contributed by atoms with Crippen molar-refractivity contribution in [3.05, 3.63) is 29.3 Å². The second kappa shape index (κ2) is 5.40. The highest BCUT2D eigenvalue weighted by atomic mass is 19.4. The van der Waals surface area contributed by atoms with Gasteiger partial charge in [-0.25, -0.2) is 4.79 Å². The maximum absolute atomic E-state index is 12.0. The van der Waals surface area contributed by atoms with E-state index in [1.54, 1.807) is 13.0 Å². The summed E-state index contributed by atoms with van der Waals surface area (Å²) in [6.07, 6.45) is -4.86. The van der Waals surface area contributed by atoms with Gasteiger partial charge in [-0.1, -0.05) is 0 Å². The number of benzene rings is 1. The van der Waals surface area contributed by atoms with Crippen molar-refractivity contribution in [1.82, 2.24) is 0 Å². The molecule has 4 nitrogen and oxygen atoms in total. The lowest BCUT2D eigenvalue weighted by Gasteiger charge is -2.10. The molecule has 0 atom stereocenters. The molecule has 0 aliphatic heterocycles. The molecule has 0 saturated heterocycles. The number of ether oxygens (including phenoxy) is 2. The fourth-order valence-corrected chi connectivity index (χ4v) is 1.20. The summed E-state index contributed by atoms with van der Waals surface area (Å²) in [5.41, 5.74) is -0.343. The van der Waals surface area contributed by atoms with Crippen LogP contribution in [0.15, 0.2) is 18.2 Å². The number of hydrogen-bond donors (Lipinski definition) is 0. The molecule has 0 unspecified atom stereocenters. The van der Waals surface area contributed by atoms with Crippen LogP contribution in [0.3, 0.4) is 0 Å². The number of nitrogens with zero attached hydrogens (tertiary/aromatic N) is 1. The zero-order valence-electron chi connectivity index (χ0n) is 9.25. The summed E-state index contributed by atoms with van der Waals surface area (Å²) in [4.78, 5) is 11.4. The fourth-order valence-electron chi connectivity index (χ4n) is 1.20. The standard InChI is InChI=1S/C11H8F3NO3/c1-2-17-10(16)9-5-8(18-11(12,13)14)4-3-7(9)6-15/h3-5H,2H2,1H3. The molecule has 0 heterocycles. The van der Waals surface area contributed by atoms with E-state index < -0.39 is 18.1 Å². The van der Waals surface area contributed by atoms with Crippen LogP contribution in [0.25, 0.3) is 0 Å². The first kappa shape index (κ1) is 13.8. The Labute approximate surface area is 101 Å². The van der Waals surface area contributed by atoms with Crippen LogP contribution in [0.5, 0.6) is 5.75 Å². The van der Waals surface area contributed by atoms with E-state index in [1.807, 2.05) is 0 Å². The van der Waals surface area contributed by atoms with E-state index in [0.29, 0.717) is 0 Å². The van der Waals surface area contributed by atoms with Crippen LogP contribution in [0.2, 0.25) is 0 Å². The Balaban J connectivity index is 3.10. The van der Waals surface area contributed by atoms with Gasteiger partial charge < -0.3 is 9.47 Å². The number of hydrogen-bond acceptors (Lipinski definition) is 4. The highest BCUT2D eigenvalue weighted by Crippen LogP contribution is 2.25. The van der Waals surface area contributed by atoms with Crippen LogP contribution in [0, 0.1) is 11.3 Å². The molecule has 0 N–H and O–H groups in total. The Kier molecular flexibility index (Phi) is 4.15. The fraction of sp³-hybridized carbons (Fsp3) is 0.273. The van der Waals surface area contributed by atoms with E-state index in [1.165, 1.54) is 0 Å². The van der Waals surface area contributed by atoms with Crippen molar-refractivity contribution >= 4 is 5.97 Å². The van der Waals surface area contributed by atoms with E-state index in [2.05, 4.69) is 9.47 Å². The maximum Gasteiger partial charge on any atom is 0.573 e. The third kappa shape index (κ3) is 3.66. The van der Waals surface area contributed by atoms with Gasteiger partial charge in [0.2, 0.25) is 0 Å². The molecule has 0 spiro atoms. The number of nitriles is 1. The van der Waals surface area contributed by atoms with Gasteiger partial charge in [0.1, 0.15) is 11.8 Å². The summed E-state index contributed by atoms with van der Waals surface area (Å²) in [5, 5.41) is 8.74. The first-order valence-corrected chi connectivity index (χ1v) is 4.84. The van der Waals surface area contributed by atoms with E-state index in [0.717, 1.165) is 18.2 Å². The van der Waals surface area contributed by atoms with Crippen molar-refractivity contribution < 1.29 is 27.4 Å². The minimum atomic E-state index is -4.86. The lowest BCUT2D eigenvalue weighted by molar-refractivity contribution is -0.274. The number of esters is 1. The van der Waals surface area contributed by atoms with Crippen LogP contribution in [-0.2, 0) is 4.74 Å². The largest absolute Gasteiger partial charge is 0.573 e. The molecule has 1 aromatic carbocycles. The minimum Gasteiger partial charge on any atom is -0.462 e. The Bertz CT molecular complexity index is 491. The summed E-state index contributed by atoms with van der Waals surface area (Å²) < 4.78 is 44.3. The zero-order chi connectivity index (χ0) is 13.8. The van der Waals surface area contributed by atoms with Crippen LogP contribution in [0.1, 0.15) is 22.8 Å². The predicted octanol–water partition coefficient (Wildman–Crippen LogP) is 2.63. The lowest BCUT2D eigenvalue weighted by atomic mass is 10.1. The molecule has 0 radical (unpaired) electrons. The molecule has 0 aliphatic rings. The molecular weight excluding hydrogens is 251 g/mol. The molecule has 18 heavy (non-hydrogen) atoms. The molecule has 0 amide bonds. The molecule has 7 heteroatoms. The van der Waals surface area contributed by atoms with E-state index in [-0.39, 0.29) is 17.7 Å². The van der Waals surface area contributed by atoms with Gasteiger partial charge in [0, 0.05) is 0 Å². The van der Waals surface area contributed by atoms with Gasteiger partial charge in [0.05, 0.1) is 17.7 Å². The van der Waals surface area contributed by atoms with Gasteiger partial charge in [-0.3, -0.25) is 0 Å². The first-order chi connectivity index (χ1) is 8.37. The topological polar surface area (TPSA) is 59.3 Å². The molecule has 1 aromatic rings. The van der Waals surface area contributed by atoms with Gasteiger partial charge in [0.25, 0.3) is 0 Å². The minimum absolute atomic E-state index is 0.0497. The lowest BCUT2D eigenvalue weighted by Crippen LogP contribution is -2.17. The van der Waals surface area contributed by atoms with Crippen molar-refractivity contribution in [3.63, 3.8) is 0 Å². The molecule has 0 bridgehead atoms. The van der Waals surface area contributed by atoms with Crippen molar-refractivity contribution in [1.29, 1.82) is 5.26 Å². The molecule has 0 aliphatic carbocycles. The smallest absolute Gasteiger partial charge is 0.462 e. The number of rotatable bonds is 3. The van der Waals surface area contributed by atoms with Crippen LogP contribution < -0.4 is 4.74 Å². The average molecular weight is 259 g/mol. The third-order valence-electron chi connectivity index (χ3n) is 1.84. The Morgan fingerprint density at radius 3 is 2.61 bits per heavy atom. The van der Waals surface area contributed by atoms with Gasteiger partial charge >= 0.3 is 12.3 Å². The van der Waals surface area contributed by atoms with Gasteiger partial charge in [-0.2, -0.15) is 5.26 Å². The van der Waals surface area contributed by atoms with Gasteiger partial charge in [-0.15, -0.1) is 13.2 Å². The number of carbonyl (C=O) groups excluding carboxylic acids is 1. The van der Waals surface area contributed by atoms with Crippen LogP contribution in [-0.4, -0.2) is 18.9 Å². The van der Waals surface area contributed by atoms with Crippen LogP contribution in [0.4, 0.5) is 13.2 Å². The van der Waals surface area contributed by atoms with Crippen molar-refractivity contribution in [2.75, 3.05) is 6.61 Å². The third-order valence-corrected chi connectivity index (χ3v) is 1.84. The molecule has 1 rings (SSSR count). The number of alkyl halides is 3. The summed E-state index contributed by atoms with van der Waals surface area (Å²) >= 11 is 0. The average Bonchev–Trinajstić information content (AvgIpc) is 2.27. The monoisotopic (exact) mass is 259 g/mol. The number of carbonyl (C=O) groups is 1. The SMILES string of the molecule is CCOC(=O)c1cc(OC(F)(F)F)ccc1C#N. The van der Waals surface area contributed by atoms with Gasteiger partial charge in [-0.05, 0) is 25.1 Å². The van der Waals surface area contributed by atoms with Crippen molar-refractivity contribution in [2.45, 2.75) is 13.3 Å². The van der Waals surface area contributed by atoms with Crippen molar-refractivity contribution in [2.24, 2.45) is 0 Å². The van der Waals surface area contributed by atoms with Crippen molar-refractivity contribution in [3.8, 4) is 11.8 Å². The summed E-state index contributed by atoms with van der Waals surface area (Å²) in [5.74, 6) is -1.45. The highest BCUT2D eigenvalue weighted by molar-refractivity contribution is 5.92. The van der Waals surface area contributed by atoms with E-state index in [9.17, 15) is 18.0 Å². The highest BCUT2D eigenvalue weighted by Gasteiger charge is 2.31. The second-order valence-electron chi connectivity index (χ2n) is 3.09. The normalized spacial score (nSPS) is 10.6. The Morgan fingerprint density at radius 2 is 2.11 bits per heavy atom. The quantitative estimate of drug-likeness (QED) is 0.783. The molecule has 0 fully saturated rings. The molecule has 0 saturated carbocycles. The van der Waals surface area contributed by atoms with Crippen LogP contribution >= 0.6 is 0 Å². The number of halogens is 3. The second-order valence-corrected chi connectivity index (χ2v) is 3.09. The van der Waals surface area contributed by atoms with E-state index >= 15 is 0 Å². The predicted molar refractivity (Wildman–Crippen MR) is 53.8 cm³/mol. The Hall–Kier alpha value is -2.23.